The first-order chi connectivity index (χ1) is 5.74. The molecule has 0 aliphatic carbocycles. The third kappa shape index (κ3) is 2.07. The first-order valence-corrected chi connectivity index (χ1v) is 3.64. The molecule has 7 heteroatoms. The summed E-state index contributed by atoms with van der Waals surface area (Å²) < 4.78 is 0. The number of anilines is 2. The molecule has 1 rings (SSSR count). The predicted molar refractivity (Wildman–Crippen MR) is 46.0 cm³/mol. The average Bonchev–Trinajstić information content (AvgIpc) is 2.47. The van der Waals surface area contributed by atoms with Gasteiger partial charge >= 0.3 is 0 Å². The van der Waals surface area contributed by atoms with Gasteiger partial charge in [-0.05, 0) is 13.0 Å². The average molecular weight is 171 g/mol. The Bertz CT molecular complexity index is 231. The van der Waals surface area contributed by atoms with Crippen molar-refractivity contribution in [1.82, 2.24) is 15.2 Å². The van der Waals surface area contributed by atoms with Gasteiger partial charge in [-0.25, -0.2) is 10.9 Å². The Labute approximate surface area is 69.9 Å². The summed E-state index contributed by atoms with van der Waals surface area (Å²) in [6.07, 6.45) is 0.797. The highest BCUT2D eigenvalue weighted by atomic mass is 15.5. The van der Waals surface area contributed by atoms with Gasteiger partial charge in [0, 0.05) is 6.54 Å². The van der Waals surface area contributed by atoms with Crippen molar-refractivity contribution in [2.45, 2.75) is 6.42 Å². The van der Waals surface area contributed by atoms with E-state index in [1.165, 1.54) is 5.01 Å². The summed E-state index contributed by atoms with van der Waals surface area (Å²) in [5.41, 5.74) is 10.6. The van der Waals surface area contributed by atoms with E-state index in [9.17, 15) is 0 Å². The van der Waals surface area contributed by atoms with E-state index in [0.29, 0.717) is 19.0 Å². The normalized spacial score (nSPS) is 10.2. The number of nitrogens with zero attached hydrogens (tertiary/aromatic N) is 3. The number of aromatic nitrogens is 3. The number of hydrogen-bond donors (Lipinski definition) is 4. The van der Waals surface area contributed by atoms with Gasteiger partial charge in [0.15, 0.2) is 0 Å². The summed E-state index contributed by atoms with van der Waals surface area (Å²) >= 11 is 0. The summed E-state index contributed by atoms with van der Waals surface area (Å²) in [7, 11) is 0. The minimum atomic E-state index is 0.258. The molecule has 0 fully saturated rings. The van der Waals surface area contributed by atoms with Crippen LogP contribution in [0, 0.1) is 0 Å². The predicted octanol–water partition coefficient (Wildman–Crippen LogP) is -1.58. The lowest BCUT2D eigenvalue weighted by Gasteiger charge is -2.12. The molecule has 0 unspecified atom stereocenters. The molecule has 0 spiro atoms. The van der Waals surface area contributed by atoms with E-state index in [4.69, 9.17) is 17.3 Å². The van der Waals surface area contributed by atoms with Crippen molar-refractivity contribution >= 4 is 11.9 Å². The Balaban J connectivity index is 2.47. The van der Waals surface area contributed by atoms with Gasteiger partial charge in [-0.1, -0.05) is 0 Å². The van der Waals surface area contributed by atoms with Crippen molar-refractivity contribution in [3.8, 4) is 0 Å². The third-order valence-electron chi connectivity index (χ3n) is 1.35. The fraction of sp³-hybridized carbons (Fsp3) is 0.600. The molecular formula is C5H13N7. The molecule has 0 aromatic carbocycles. The zero-order valence-electron chi connectivity index (χ0n) is 6.70. The SMILES string of the molecule is NCCCN(N)c1n[nH]c(N)n1. The lowest BCUT2D eigenvalue weighted by molar-refractivity contribution is 0.742. The van der Waals surface area contributed by atoms with Crippen molar-refractivity contribution in [3.05, 3.63) is 0 Å². The van der Waals surface area contributed by atoms with Gasteiger partial charge in [-0.3, -0.25) is 5.01 Å². The van der Waals surface area contributed by atoms with Crippen LogP contribution in [0.15, 0.2) is 0 Å². The van der Waals surface area contributed by atoms with Crippen LogP contribution >= 0.6 is 0 Å². The van der Waals surface area contributed by atoms with Crippen molar-refractivity contribution in [2.75, 3.05) is 23.8 Å². The quantitative estimate of drug-likeness (QED) is 0.320. The number of rotatable bonds is 4. The zero-order chi connectivity index (χ0) is 8.97. The number of nitrogen functional groups attached to an aromatic ring is 1. The van der Waals surface area contributed by atoms with E-state index in [1.807, 2.05) is 0 Å². The van der Waals surface area contributed by atoms with Gasteiger partial charge in [-0.15, -0.1) is 5.10 Å². The molecule has 7 N–H and O–H groups in total. The molecule has 1 aromatic heterocycles. The second-order valence-corrected chi connectivity index (χ2v) is 2.36. The molecular weight excluding hydrogens is 158 g/mol. The van der Waals surface area contributed by atoms with Crippen LogP contribution in [0.2, 0.25) is 0 Å². The number of aromatic amines is 1. The molecule has 7 nitrogen and oxygen atoms in total. The van der Waals surface area contributed by atoms with Gasteiger partial charge < -0.3 is 11.5 Å². The Hall–Kier alpha value is -1.34. The zero-order valence-corrected chi connectivity index (χ0v) is 6.70. The Morgan fingerprint density at radius 2 is 2.25 bits per heavy atom. The molecule has 68 valence electrons. The van der Waals surface area contributed by atoms with E-state index in [2.05, 4.69) is 15.2 Å². The van der Waals surface area contributed by atoms with Crippen LogP contribution in [-0.4, -0.2) is 28.3 Å². The second-order valence-electron chi connectivity index (χ2n) is 2.36. The van der Waals surface area contributed by atoms with Gasteiger partial charge in [0.1, 0.15) is 0 Å². The highest BCUT2D eigenvalue weighted by molar-refractivity contribution is 5.31. The van der Waals surface area contributed by atoms with E-state index >= 15 is 0 Å². The van der Waals surface area contributed by atoms with E-state index < -0.39 is 0 Å². The topological polar surface area (TPSA) is 123 Å². The number of H-pyrrole nitrogens is 1. The third-order valence-corrected chi connectivity index (χ3v) is 1.35. The second kappa shape index (κ2) is 3.88. The first kappa shape index (κ1) is 8.75. The van der Waals surface area contributed by atoms with Crippen LogP contribution in [-0.2, 0) is 0 Å². The molecule has 0 atom stereocenters. The summed E-state index contributed by atoms with van der Waals surface area (Å²) in [6, 6.07) is 0. The maximum absolute atomic E-state index is 5.57. The van der Waals surface area contributed by atoms with Crippen LogP contribution < -0.4 is 22.3 Å². The number of nitrogens with two attached hydrogens (primary N) is 3. The lowest BCUT2D eigenvalue weighted by atomic mass is 10.4. The Morgan fingerprint density at radius 3 is 2.75 bits per heavy atom. The molecule has 1 aromatic rings. The van der Waals surface area contributed by atoms with E-state index in [-0.39, 0.29) is 5.95 Å². The Kier molecular flexibility index (Phi) is 2.83. The monoisotopic (exact) mass is 171 g/mol. The van der Waals surface area contributed by atoms with Gasteiger partial charge in [-0.2, -0.15) is 4.98 Å². The molecule has 0 aliphatic heterocycles. The van der Waals surface area contributed by atoms with Gasteiger partial charge in [0.25, 0.3) is 5.95 Å². The summed E-state index contributed by atoms with van der Waals surface area (Å²) in [4.78, 5) is 3.83. The van der Waals surface area contributed by atoms with E-state index in [0.717, 1.165) is 6.42 Å². The van der Waals surface area contributed by atoms with Gasteiger partial charge in [0.05, 0.1) is 0 Å². The number of nitrogens with one attached hydrogen (secondary N) is 1. The summed E-state index contributed by atoms with van der Waals surface area (Å²) in [5, 5.41) is 7.66. The molecule has 0 saturated heterocycles. The maximum Gasteiger partial charge on any atom is 0.260 e. The number of hydrazine groups is 1. The molecule has 12 heavy (non-hydrogen) atoms. The minimum Gasteiger partial charge on any atom is -0.368 e. The standard InChI is InChI=1S/C5H13N7/c6-2-1-3-12(8)5-9-4(7)10-11-5/h1-3,6,8H2,(H3,7,9,10,11). The molecule has 0 saturated carbocycles. The largest absolute Gasteiger partial charge is 0.368 e. The van der Waals surface area contributed by atoms with Crippen LogP contribution in [0.5, 0.6) is 0 Å². The van der Waals surface area contributed by atoms with Crippen LogP contribution in [0.3, 0.4) is 0 Å². The molecule has 1 heterocycles. The first-order valence-electron chi connectivity index (χ1n) is 3.64. The summed E-state index contributed by atoms with van der Waals surface area (Å²) in [6.45, 7) is 1.21. The smallest absolute Gasteiger partial charge is 0.260 e. The highest BCUT2D eigenvalue weighted by Gasteiger charge is 2.05. The Morgan fingerprint density at radius 1 is 1.50 bits per heavy atom. The maximum atomic E-state index is 5.57. The fourth-order valence-corrected chi connectivity index (χ4v) is 0.755. The fourth-order valence-electron chi connectivity index (χ4n) is 0.755. The lowest BCUT2D eigenvalue weighted by Crippen LogP contribution is -2.33. The molecule has 0 radical (unpaired) electrons. The highest BCUT2D eigenvalue weighted by Crippen LogP contribution is 2.02. The van der Waals surface area contributed by atoms with Crippen molar-refractivity contribution in [3.63, 3.8) is 0 Å². The van der Waals surface area contributed by atoms with Crippen LogP contribution in [0.4, 0.5) is 11.9 Å². The summed E-state index contributed by atoms with van der Waals surface area (Å²) in [5.74, 6) is 6.22. The number of hydrogen-bond acceptors (Lipinski definition) is 6. The minimum absolute atomic E-state index is 0.258. The molecule has 0 bridgehead atoms. The van der Waals surface area contributed by atoms with Crippen molar-refractivity contribution in [1.29, 1.82) is 0 Å². The van der Waals surface area contributed by atoms with Crippen LogP contribution in [0.25, 0.3) is 0 Å². The van der Waals surface area contributed by atoms with E-state index in [1.54, 1.807) is 0 Å². The van der Waals surface area contributed by atoms with Crippen molar-refractivity contribution in [2.24, 2.45) is 11.6 Å². The van der Waals surface area contributed by atoms with Gasteiger partial charge in [0.2, 0.25) is 5.95 Å². The van der Waals surface area contributed by atoms with Crippen molar-refractivity contribution < 1.29 is 0 Å². The van der Waals surface area contributed by atoms with Crippen LogP contribution in [0.1, 0.15) is 6.42 Å². The molecule has 0 amide bonds. The molecule has 0 aliphatic rings.